The highest BCUT2D eigenvalue weighted by Crippen LogP contribution is 2.27. The van der Waals surface area contributed by atoms with Gasteiger partial charge in [-0.15, -0.1) is 0 Å². The zero-order valence-corrected chi connectivity index (χ0v) is 20.5. The lowest BCUT2D eigenvalue weighted by Crippen LogP contribution is -2.47. The van der Waals surface area contributed by atoms with Crippen LogP contribution < -0.4 is 9.64 Å². The summed E-state index contributed by atoms with van der Waals surface area (Å²) in [5, 5.41) is 2.70. The van der Waals surface area contributed by atoms with Gasteiger partial charge in [0.2, 0.25) is 0 Å². The predicted octanol–water partition coefficient (Wildman–Crippen LogP) is 5.46. The molecule has 4 nitrogen and oxygen atoms in total. The first-order chi connectivity index (χ1) is 16.8. The smallest absolute Gasteiger partial charge is 0.119 e. The van der Waals surface area contributed by atoms with Crippen molar-refractivity contribution in [1.82, 2.24) is 9.80 Å². The van der Waals surface area contributed by atoms with Crippen LogP contribution >= 0.6 is 0 Å². The van der Waals surface area contributed by atoms with Gasteiger partial charge in [0.15, 0.2) is 0 Å². The highest BCUT2D eigenvalue weighted by Gasteiger charge is 2.18. The number of fused-ring (bicyclic) bond motifs is 1. The van der Waals surface area contributed by atoms with Crippen molar-refractivity contribution in [2.45, 2.75) is 32.1 Å². The van der Waals surface area contributed by atoms with Gasteiger partial charge in [0.25, 0.3) is 0 Å². The molecule has 0 aliphatic carbocycles. The number of nitrogens with zero attached hydrogens (tertiary/aromatic N) is 3. The Morgan fingerprint density at radius 1 is 0.647 bits per heavy atom. The van der Waals surface area contributed by atoms with Crippen LogP contribution in [0.1, 0.15) is 31.2 Å². The Hall–Kier alpha value is -2.56. The normalized spacial score (nSPS) is 17.8. The van der Waals surface area contributed by atoms with Crippen LogP contribution in [0.15, 0.2) is 66.7 Å². The third kappa shape index (κ3) is 6.11. The summed E-state index contributed by atoms with van der Waals surface area (Å²) in [4.78, 5) is 7.74. The predicted molar refractivity (Wildman–Crippen MR) is 143 cm³/mol. The second-order valence-corrected chi connectivity index (χ2v) is 9.83. The molecule has 0 atom stereocenters. The molecule has 0 N–H and O–H groups in total. The molecule has 0 amide bonds. The molecule has 2 aliphatic heterocycles. The second kappa shape index (κ2) is 11.7. The third-order valence-corrected chi connectivity index (χ3v) is 7.46. The molecule has 3 aromatic rings. The van der Waals surface area contributed by atoms with E-state index in [2.05, 4.69) is 81.4 Å². The molecule has 3 aromatic carbocycles. The van der Waals surface area contributed by atoms with Gasteiger partial charge in [0, 0.05) is 50.3 Å². The highest BCUT2D eigenvalue weighted by molar-refractivity contribution is 5.94. The van der Waals surface area contributed by atoms with Crippen molar-refractivity contribution in [2.24, 2.45) is 0 Å². The molecule has 0 radical (unpaired) electrons. The number of benzene rings is 3. The maximum absolute atomic E-state index is 5.99. The molecule has 0 unspecified atom stereocenters. The summed E-state index contributed by atoms with van der Waals surface area (Å²) in [5.41, 5.74) is 2.78. The lowest BCUT2D eigenvalue weighted by atomic mass is 10.1. The van der Waals surface area contributed by atoms with Crippen molar-refractivity contribution >= 4 is 16.5 Å². The summed E-state index contributed by atoms with van der Waals surface area (Å²) >= 11 is 0. The fourth-order valence-electron chi connectivity index (χ4n) is 5.40. The average Bonchev–Trinajstić information content (AvgIpc) is 2.91. The van der Waals surface area contributed by atoms with Crippen molar-refractivity contribution in [3.05, 3.63) is 72.3 Å². The molecule has 2 saturated heterocycles. The van der Waals surface area contributed by atoms with Crippen molar-refractivity contribution in [3.63, 3.8) is 0 Å². The zero-order valence-electron chi connectivity index (χ0n) is 20.5. The molecule has 0 aromatic heterocycles. The molecule has 2 heterocycles. The van der Waals surface area contributed by atoms with Crippen LogP contribution in [0.25, 0.3) is 10.8 Å². The number of piperidine rings is 1. The van der Waals surface area contributed by atoms with Crippen LogP contribution in [-0.2, 0) is 6.42 Å². The van der Waals surface area contributed by atoms with E-state index in [-0.39, 0.29) is 0 Å². The Bertz CT molecular complexity index is 1020. The van der Waals surface area contributed by atoms with Crippen LogP contribution in [0.2, 0.25) is 0 Å². The van der Waals surface area contributed by atoms with Crippen molar-refractivity contribution in [3.8, 4) is 5.75 Å². The van der Waals surface area contributed by atoms with E-state index in [0.717, 1.165) is 57.9 Å². The molecule has 4 heteroatoms. The van der Waals surface area contributed by atoms with E-state index in [9.17, 15) is 0 Å². The summed E-state index contributed by atoms with van der Waals surface area (Å²) in [6.07, 6.45) is 6.35. The van der Waals surface area contributed by atoms with Crippen molar-refractivity contribution in [1.29, 1.82) is 0 Å². The van der Waals surface area contributed by atoms with E-state index in [1.54, 1.807) is 0 Å². The summed E-state index contributed by atoms with van der Waals surface area (Å²) in [5.74, 6) is 1.01. The molecule has 5 rings (SSSR count). The van der Waals surface area contributed by atoms with Gasteiger partial charge in [-0.3, -0.25) is 4.90 Å². The van der Waals surface area contributed by atoms with Gasteiger partial charge in [0.05, 0.1) is 6.61 Å². The quantitative estimate of drug-likeness (QED) is 0.397. The van der Waals surface area contributed by atoms with Crippen LogP contribution in [0.4, 0.5) is 5.69 Å². The van der Waals surface area contributed by atoms with Crippen LogP contribution in [-0.4, -0.2) is 68.8 Å². The van der Waals surface area contributed by atoms with Crippen molar-refractivity contribution < 1.29 is 4.74 Å². The maximum Gasteiger partial charge on any atom is 0.119 e. The number of likely N-dealkylation sites (tertiary alicyclic amines) is 1. The monoisotopic (exact) mass is 457 g/mol. The fourth-order valence-corrected chi connectivity index (χ4v) is 5.40. The molecular weight excluding hydrogens is 418 g/mol. The minimum absolute atomic E-state index is 0.816. The van der Waals surface area contributed by atoms with Gasteiger partial charge in [-0.1, -0.05) is 55.0 Å². The van der Waals surface area contributed by atoms with E-state index < -0.39 is 0 Å². The standard InChI is InChI=1S/C30H39N3O/c1-4-17-31(18-5-1)19-7-25-34-28-14-12-26(13-15-28)16-20-32-21-23-33(24-22-32)30-11-6-9-27-8-2-3-10-29(27)30/h2-3,6,8-15H,1,4-5,7,16-25H2. The van der Waals surface area contributed by atoms with Crippen LogP contribution in [0.5, 0.6) is 5.75 Å². The molecule has 2 aliphatic rings. The maximum atomic E-state index is 5.99. The summed E-state index contributed by atoms with van der Waals surface area (Å²) < 4.78 is 5.99. The molecule has 34 heavy (non-hydrogen) atoms. The van der Waals surface area contributed by atoms with E-state index in [1.165, 1.54) is 60.9 Å². The summed E-state index contributed by atoms with van der Waals surface area (Å²) in [6, 6.07) is 24.2. The number of hydrogen-bond acceptors (Lipinski definition) is 4. The van der Waals surface area contributed by atoms with Gasteiger partial charge in [-0.2, -0.15) is 0 Å². The van der Waals surface area contributed by atoms with E-state index in [1.807, 2.05) is 0 Å². The Morgan fingerprint density at radius 3 is 2.21 bits per heavy atom. The SMILES string of the molecule is c1ccc2c(N3CCN(CCc4ccc(OCCCN5CCCCC5)cc4)CC3)cccc2c1. The topological polar surface area (TPSA) is 19.0 Å². The van der Waals surface area contributed by atoms with Gasteiger partial charge >= 0.3 is 0 Å². The number of ether oxygens (including phenoxy) is 1. The van der Waals surface area contributed by atoms with Crippen LogP contribution in [0, 0.1) is 0 Å². The van der Waals surface area contributed by atoms with E-state index in [0.29, 0.717) is 0 Å². The molecule has 0 bridgehead atoms. The molecule has 0 spiro atoms. The van der Waals surface area contributed by atoms with Gasteiger partial charge in [-0.05, 0) is 67.9 Å². The molecule has 0 saturated carbocycles. The Balaban J connectivity index is 1.03. The van der Waals surface area contributed by atoms with Crippen molar-refractivity contribution in [2.75, 3.05) is 63.9 Å². The first-order valence-corrected chi connectivity index (χ1v) is 13.2. The highest BCUT2D eigenvalue weighted by atomic mass is 16.5. The summed E-state index contributed by atoms with van der Waals surface area (Å²) in [7, 11) is 0. The molecule has 2 fully saturated rings. The first-order valence-electron chi connectivity index (χ1n) is 13.2. The first kappa shape index (κ1) is 23.2. The lowest BCUT2D eigenvalue weighted by molar-refractivity contribution is 0.205. The third-order valence-electron chi connectivity index (χ3n) is 7.46. The Kier molecular flexibility index (Phi) is 8.00. The second-order valence-electron chi connectivity index (χ2n) is 9.83. The van der Waals surface area contributed by atoms with Gasteiger partial charge in [0.1, 0.15) is 5.75 Å². The molecular formula is C30H39N3O. The number of piperazine rings is 1. The molecule has 180 valence electrons. The number of anilines is 1. The number of rotatable bonds is 9. The lowest BCUT2D eigenvalue weighted by Gasteiger charge is -2.36. The minimum atomic E-state index is 0.816. The van der Waals surface area contributed by atoms with E-state index in [4.69, 9.17) is 4.74 Å². The Labute approximate surface area is 205 Å². The van der Waals surface area contributed by atoms with Gasteiger partial charge < -0.3 is 14.5 Å². The summed E-state index contributed by atoms with van der Waals surface area (Å²) in [6.45, 7) is 10.1. The van der Waals surface area contributed by atoms with Gasteiger partial charge in [-0.25, -0.2) is 0 Å². The Morgan fingerprint density at radius 2 is 1.38 bits per heavy atom. The van der Waals surface area contributed by atoms with E-state index >= 15 is 0 Å². The fraction of sp³-hybridized carbons (Fsp3) is 0.467. The zero-order chi connectivity index (χ0) is 23.0. The largest absolute Gasteiger partial charge is 0.494 e. The van der Waals surface area contributed by atoms with Crippen LogP contribution in [0.3, 0.4) is 0 Å². The average molecular weight is 458 g/mol. The minimum Gasteiger partial charge on any atom is -0.494 e. The number of hydrogen-bond donors (Lipinski definition) is 0.